The quantitative estimate of drug-likeness (QED) is 0.534. The molecule has 0 aliphatic heterocycles. The molecule has 2 N–H and O–H groups in total. The minimum atomic E-state index is 0.510. The molecular formula is C20H19N5O3. The summed E-state index contributed by atoms with van der Waals surface area (Å²) in [6, 6.07) is 14.9. The first kappa shape index (κ1) is 17.6. The topological polar surface area (TPSA) is 96.8 Å². The molecule has 0 aliphatic rings. The number of nitrogen functional groups attached to an aromatic ring is 1. The summed E-state index contributed by atoms with van der Waals surface area (Å²) in [5.41, 5.74) is 9.60. The number of ether oxygens (including phenoxy) is 3. The Morgan fingerprint density at radius 2 is 1.57 bits per heavy atom. The number of rotatable bonds is 5. The van der Waals surface area contributed by atoms with E-state index in [9.17, 15) is 0 Å². The van der Waals surface area contributed by atoms with E-state index in [1.54, 1.807) is 25.8 Å². The van der Waals surface area contributed by atoms with Crippen LogP contribution >= 0.6 is 0 Å². The Morgan fingerprint density at radius 1 is 0.821 bits per heavy atom. The van der Waals surface area contributed by atoms with Crippen LogP contribution in [0.5, 0.6) is 17.2 Å². The first-order chi connectivity index (χ1) is 13.6. The van der Waals surface area contributed by atoms with Crippen molar-refractivity contribution in [2.45, 2.75) is 0 Å². The van der Waals surface area contributed by atoms with Crippen molar-refractivity contribution < 1.29 is 14.2 Å². The molecule has 0 saturated heterocycles. The molecule has 2 heterocycles. The Hall–Kier alpha value is -3.81. The molecule has 0 saturated carbocycles. The summed E-state index contributed by atoms with van der Waals surface area (Å²) in [4.78, 5) is 0. The fourth-order valence-electron chi connectivity index (χ4n) is 3.03. The molecule has 0 atom stereocenters. The molecule has 0 bridgehead atoms. The molecule has 2 aromatic carbocycles. The fourth-order valence-corrected chi connectivity index (χ4v) is 3.03. The van der Waals surface area contributed by atoms with Crippen LogP contribution in [0.4, 0.5) is 5.69 Å². The van der Waals surface area contributed by atoms with Gasteiger partial charge >= 0.3 is 0 Å². The van der Waals surface area contributed by atoms with E-state index in [1.165, 1.54) is 0 Å². The highest BCUT2D eigenvalue weighted by molar-refractivity contribution is 5.69. The number of methoxy groups -OCH3 is 3. The maximum Gasteiger partial charge on any atom is 0.203 e. The van der Waals surface area contributed by atoms with Crippen molar-refractivity contribution in [3.63, 3.8) is 0 Å². The maximum atomic E-state index is 5.90. The summed E-state index contributed by atoms with van der Waals surface area (Å²) in [6.45, 7) is 0. The molecule has 2 aromatic heterocycles. The molecule has 4 aromatic rings. The first-order valence-electron chi connectivity index (χ1n) is 8.53. The second-order valence-corrected chi connectivity index (χ2v) is 6.05. The molecule has 0 aliphatic carbocycles. The normalized spacial score (nSPS) is 10.8. The number of hydrogen-bond donors (Lipinski definition) is 1. The Kier molecular flexibility index (Phi) is 4.44. The third-order valence-electron chi connectivity index (χ3n) is 4.37. The number of anilines is 1. The second-order valence-electron chi connectivity index (χ2n) is 6.05. The van der Waals surface area contributed by atoms with Crippen LogP contribution in [0.15, 0.2) is 48.5 Å². The summed E-state index contributed by atoms with van der Waals surface area (Å²) >= 11 is 0. The summed E-state index contributed by atoms with van der Waals surface area (Å²) in [5.74, 6) is 2.12. The van der Waals surface area contributed by atoms with E-state index in [-0.39, 0.29) is 0 Å². The Morgan fingerprint density at radius 3 is 2.21 bits per heavy atom. The predicted octanol–water partition coefficient (Wildman–Crippen LogP) is 3.07. The van der Waals surface area contributed by atoms with Crippen molar-refractivity contribution in [2.75, 3.05) is 27.1 Å². The Labute approximate surface area is 161 Å². The van der Waals surface area contributed by atoms with Gasteiger partial charge in [-0.1, -0.05) is 12.1 Å². The van der Waals surface area contributed by atoms with E-state index in [0.29, 0.717) is 34.4 Å². The third kappa shape index (κ3) is 2.94. The molecule has 28 heavy (non-hydrogen) atoms. The molecular weight excluding hydrogens is 358 g/mol. The highest BCUT2D eigenvalue weighted by Crippen LogP contribution is 2.40. The molecule has 0 unspecified atom stereocenters. The van der Waals surface area contributed by atoms with E-state index in [2.05, 4.69) is 10.2 Å². The van der Waals surface area contributed by atoms with Gasteiger partial charge in [0.2, 0.25) is 5.75 Å². The molecule has 0 amide bonds. The van der Waals surface area contributed by atoms with Crippen LogP contribution in [0.2, 0.25) is 0 Å². The third-order valence-corrected chi connectivity index (χ3v) is 4.37. The standard InChI is InChI=1S/C20H19N5O3/c1-26-16-10-13(11-17(27-2)19(16)28-3)20-23-22-18-8-7-15(24-25(18)20)12-5-4-6-14(21)9-12/h4-11H,21H2,1-3H3. The molecule has 0 fully saturated rings. The summed E-state index contributed by atoms with van der Waals surface area (Å²) in [5, 5.41) is 13.2. The zero-order valence-corrected chi connectivity index (χ0v) is 15.7. The molecule has 4 rings (SSSR count). The Balaban J connectivity index is 1.89. The zero-order chi connectivity index (χ0) is 19.7. The van der Waals surface area contributed by atoms with E-state index in [1.807, 2.05) is 48.5 Å². The van der Waals surface area contributed by atoms with Crippen LogP contribution < -0.4 is 19.9 Å². The van der Waals surface area contributed by atoms with E-state index in [0.717, 1.165) is 16.8 Å². The average molecular weight is 377 g/mol. The average Bonchev–Trinajstić information content (AvgIpc) is 3.15. The number of benzene rings is 2. The van der Waals surface area contributed by atoms with Gasteiger partial charge < -0.3 is 19.9 Å². The van der Waals surface area contributed by atoms with Gasteiger partial charge in [-0.3, -0.25) is 0 Å². The van der Waals surface area contributed by atoms with Crippen LogP contribution in [-0.4, -0.2) is 41.1 Å². The van der Waals surface area contributed by atoms with Gasteiger partial charge in [0.15, 0.2) is 23.0 Å². The number of fused-ring (bicyclic) bond motifs is 1. The molecule has 8 nitrogen and oxygen atoms in total. The smallest absolute Gasteiger partial charge is 0.203 e. The summed E-state index contributed by atoms with van der Waals surface area (Å²) in [7, 11) is 4.70. The lowest BCUT2D eigenvalue weighted by molar-refractivity contribution is 0.324. The van der Waals surface area contributed by atoms with Gasteiger partial charge in [0, 0.05) is 16.8 Å². The monoisotopic (exact) mass is 377 g/mol. The lowest BCUT2D eigenvalue weighted by atomic mass is 10.1. The fraction of sp³-hybridized carbons (Fsp3) is 0.150. The summed E-state index contributed by atoms with van der Waals surface area (Å²) < 4.78 is 17.9. The van der Waals surface area contributed by atoms with E-state index < -0.39 is 0 Å². The van der Waals surface area contributed by atoms with Crippen molar-refractivity contribution in [1.29, 1.82) is 0 Å². The predicted molar refractivity (Wildman–Crippen MR) is 106 cm³/mol. The molecule has 8 heteroatoms. The van der Waals surface area contributed by atoms with Crippen LogP contribution in [0.25, 0.3) is 28.3 Å². The van der Waals surface area contributed by atoms with Crippen LogP contribution in [0, 0.1) is 0 Å². The van der Waals surface area contributed by atoms with Crippen molar-refractivity contribution in [1.82, 2.24) is 19.8 Å². The lowest BCUT2D eigenvalue weighted by Crippen LogP contribution is -2.00. The van der Waals surface area contributed by atoms with Gasteiger partial charge in [-0.2, -0.15) is 9.61 Å². The molecule has 0 radical (unpaired) electrons. The zero-order valence-electron chi connectivity index (χ0n) is 15.7. The maximum absolute atomic E-state index is 5.90. The van der Waals surface area contributed by atoms with Gasteiger partial charge in [0.05, 0.1) is 27.0 Å². The van der Waals surface area contributed by atoms with E-state index in [4.69, 9.17) is 25.0 Å². The molecule has 0 spiro atoms. The van der Waals surface area contributed by atoms with Gasteiger partial charge in [0.1, 0.15) is 0 Å². The minimum absolute atomic E-state index is 0.510. The van der Waals surface area contributed by atoms with Gasteiger partial charge in [-0.05, 0) is 36.4 Å². The lowest BCUT2D eigenvalue weighted by Gasteiger charge is -2.13. The van der Waals surface area contributed by atoms with Crippen molar-refractivity contribution in [3.05, 3.63) is 48.5 Å². The van der Waals surface area contributed by atoms with E-state index >= 15 is 0 Å². The minimum Gasteiger partial charge on any atom is -0.493 e. The second kappa shape index (κ2) is 7.07. The van der Waals surface area contributed by atoms with Crippen molar-refractivity contribution >= 4 is 11.3 Å². The number of nitrogens with zero attached hydrogens (tertiary/aromatic N) is 4. The molecule has 142 valence electrons. The van der Waals surface area contributed by atoms with Crippen LogP contribution in [-0.2, 0) is 0 Å². The van der Waals surface area contributed by atoms with Crippen molar-refractivity contribution in [2.24, 2.45) is 0 Å². The first-order valence-corrected chi connectivity index (χ1v) is 8.53. The Bertz CT molecular complexity index is 1130. The van der Waals surface area contributed by atoms with Gasteiger partial charge in [0.25, 0.3) is 0 Å². The largest absolute Gasteiger partial charge is 0.493 e. The van der Waals surface area contributed by atoms with Crippen LogP contribution in [0.3, 0.4) is 0 Å². The number of hydrogen-bond acceptors (Lipinski definition) is 7. The number of aromatic nitrogens is 4. The highest BCUT2D eigenvalue weighted by Gasteiger charge is 2.18. The summed E-state index contributed by atoms with van der Waals surface area (Å²) in [6.07, 6.45) is 0. The number of nitrogens with two attached hydrogens (primary N) is 1. The van der Waals surface area contributed by atoms with Gasteiger partial charge in [-0.25, -0.2) is 0 Å². The van der Waals surface area contributed by atoms with Crippen molar-refractivity contribution in [3.8, 4) is 39.9 Å². The van der Waals surface area contributed by atoms with Gasteiger partial charge in [-0.15, -0.1) is 10.2 Å². The highest BCUT2D eigenvalue weighted by atomic mass is 16.5. The van der Waals surface area contributed by atoms with Crippen LogP contribution in [0.1, 0.15) is 0 Å². The SMILES string of the molecule is COc1cc(-c2nnc3ccc(-c4cccc(N)c4)nn23)cc(OC)c1OC.